The highest BCUT2D eigenvalue weighted by molar-refractivity contribution is 7.90. The van der Waals surface area contributed by atoms with E-state index in [1.807, 2.05) is 31.2 Å². The van der Waals surface area contributed by atoms with Crippen molar-refractivity contribution in [3.63, 3.8) is 0 Å². The van der Waals surface area contributed by atoms with Crippen molar-refractivity contribution in [2.75, 3.05) is 13.4 Å². The molecule has 0 atom stereocenters. The molecule has 0 spiro atoms. The summed E-state index contributed by atoms with van der Waals surface area (Å²) in [6.45, 7) is 1.95. The highest BCUT2D eigenvalue weighted by Crippen LogP contribution is 2.27. The first-order chi connectivity index (χ1) is 8.91. The van der Waals surface area contributed by atoms with Crippen molar-refractivity contribution in [3.8, 4) is 16.9 Å². The van der Waals surface area contributed by atoms with Crippen molar-refractivity contribution >= 4 is 9.84 Å². The monoisotopic (exact) mass is 275 g/mol. The van der Waals surface area contributed by atoms with E-state index in [1.54, 1.807) is 19.2 Å². The lowest BCUT2D eigenvalue weighted by Gasteiger charge is -2.08. The third-order valence-electron chi connectivity index (χ3n) is 2.87. The minimum Gasteiger partial charge on any atom is -0.496 e. The lowest BCUT2D eigenvalue weighted by molar-refractivity contribution is 0.412. The normalized spacial score (nSPS) is 11.3. The van der Waals surface area contributed by atoms with Crippen LogP contribution in [0.2, 0.25) is 0 Å². The molecule has 0 aliphatic heterocycles. The number of hydrogen-bond acceptors (Lipinski definition) is 3. The maximum Gasteiger partial charge on any atom is 0.176 e. The van der Waals surface area contributed by atoms with Gasteiger partial charge in [-0.2, -0.15) is 0 Å². The fraction of sp³-hybridized carbons (Fsp3) is 0.200. The predicted octanol–water partition coefficient (Wildman–Crippen LogP) is 2.87. The summed E-state index contributed by atoms with van der Waals surface area (Å²) in [7, 11) is -1.61. The number of aryl methyl sites for hydroxylation is 1. The molecule has 99 valence electrons. The Kier molecular flexibility index (Phi) is 3.62. The zero-order valence-corrected chi connectivity index (χ0v) is 11.9. The summed E-state index contributed by atoms with van der Waals surface area (Å²) in [6, 6.07) is 13.8. The topological polar surface area (TPSA) is 43.4 Å². The zero-order chi connectivity index (χ0) is 14.0. The van der Waals surface area contributed by atoms with E-state index in [-0.39, 0.29) is 4.90 Å². The number of sulfone groups is 1. The molecule has 0 amide bonds. The van der Waals surface area contributed by atoms with Gasteiger partial charge in [-0.3, -0.25) is 0 Å². The van der Waals surface area contributed by atoms with E-state index in [2.05, 4.69) is 6.07 Å². The van der Waals surface area contributed by atoms with Crippen LogP contribution in [0.15, 0.2) is 41.3 Å². The van der Waals surface area contributed by atoms with Crippen molar-refractivity contribution < 1.29 is 13.2 Å². The Labute approximate surface area is 113 Å². The van der Waals surface area contributed by atoms with Gasteiger partial charge in [0.2, 0.25) is 0 Å². The van der Waals surface area contributed by atoms with Gasteiger partial charge >= 0.3 is 0 Å². The van der Waals surface area contributed by atoms with E-state index in [9.17, 15) is 8.42 Å². The maximum absolute atomic E-state index is 11.5. The second-order valence-corrected chi connectivity index (χ2v) is 6.37. The molecule has 0 aliphatic rings. The van der Waals surface area contributed by atoms with E-state index in [1.165, 1.54) is 6.26 Å². The summed E-state index contributed by atoms with van der Waals surface area (Å²) in [4.78, 5) is 0.207. The van der Waals surface area contributed by atoms with Gasteiger partial charge in [-0.05, 0) is 41.8 Å². The molecule has 0 saturated carbocycles. The van der Waals surface area contributed by atoms with Crippen LogP contribution in [0, 0.1) is 13.0 Å². The molecule has 0 saturated heterocycles. The van der Waals surface area contributed by atoms with Gasteiger partial charge in [0.1, 0.15) is 5.75 Å². The fourth-order valence-corrected chi connectivity index (χ4v) is 2.50. The Morgan fingerprint density at radius 1 is 1.16 bits per heavy atom. The fourth-order valence-electron chi connectivity index (χ4n) is 1.88. The number of benzene rings is 2. The Morgan fingerprint density at radius 3 is 2.47 bits per heavy atom. The van der Waals surface area contributed by atoms with E-state index in [0.717, 1.165) is 22.4 Å². The van der Waals surface area contributed by atoms with Crippen molar-refractivity contribution in [1.82, 2.24) is 0 Å². The van der Waals surface area contributed by atoms with E-state index in [4.69, 9.17) is 4.74 Å². The van der Waals surface area contributed by atoms with Crippen LogP contribution < -0.4 is 4.74 Å². The third-order valence-corrected chi connectivity index (χ3v) is 3.91. The first-order valence-corrected chi connectivity index (χ1v) is 7.68. The molecular formula is C15H15O3S. The van der Waals surface area contributed by atoms with Crippen molar-refractivity contribution in [3.05, 3.63) is 48.0 Å². The van der Waals surface area contributed by atoms with Gasteiger partial charge in [0.05, 0.1) is 12.0 Å². The Bertz CT molecular complexity index is 703. The van der Waals surface area contributed by atoms with E-state index < -0.39 is 9.84 Å². The average molecular weight is 275 g/mol. The van der Waals surface area contributed by atoms with Crippen LogP contribution in [-0.4, -0.2) is 21.8 Å². The quantitative estimate of drug-likeness (QED) is 0.865. The van der Waals surface area contributed by atoms with Crippen molar-refractivity contribution in [2.24, 2.45) is 0 Å². The average Bonchev–Trinajstić information content (AvgIpc) is 2.38. The van der Waals surface area contributed by atoms with Crippen LogP contribution >= 0.6 is 0 Å². The maximum atomic E-state index is 11.5. The van der Waals surface area contributed by atoms with Crippen LogP contribution in [0.4, 0.5) is 0 Å². The second kappa shape index (κ2) is 5.05. The third kappa shape index (κ3) is 2.96. The molecule has 0 unspecified atom stereocenters. The molecule has 0 aromatic heterocycles. The van der Waals surface area contributed by atoms with Gasteiger partial charge in [-0.25, -0.2) is 8.42 Å². The number of rotatable bonds is 3. The molecule has 0 bridgehead atoms. The molecular weight excluding hydrogens is 260 g/mol. The zero-order valence-electron chi connectivity index (χ0n) is 11.1. The molecule has 2 aromatic carbocycles. The predicted molar refractivity (Wildman–Crippen MR) is 75.1 cm³/mol. The summed E-state index contributed by atoms with van der Waals surface area (Å²) in [6.07, 6.45) is 1.18. The lowest BCUT2D eigenvalue weighted by atomic mass is 10.0. The van der Waals surface area contributed by atoms with Crippen LogP contribution in [0.1, 0.15) is 5.56 Å². The SMILES string of the molecule is COc1ccc(-c2[c]c(S(C)(=O)=O)ccc2)cc1C. The molecule has 0 N–H and O–H groups in total. The highest BCUT2D eigenvalue weighted by Gasteiger charge is 2.09. The standard InChI is InChI=1S/C15H15O3S/c1-11-9-13(7-8-15(11)18-2)12-5-4-6-14(10-12)19(3,16)17/h4-9H,1-3H3. The largest absolute Gasteiger partial charge is 0.496 e. The Hall–Kier alpha value is -1.81. The number of hydrogen-bond donors (Lipinski definition) is 0. The molecule has 4 heteroatoms. The molecule has 3 nitrogen and oxygen atoms in total. The van der Waals surface area contributed by atoms with Gasteiger partial charge < -0.3 is 4.74 Å². The van der Waals surface area contributed by atoms with Gasteiger partial charge in [0, 0.05) is 12.3 Å². The summed E-state index contributed by atoms with van der Waals surface area (Å²) in [5.74, 6) is 0.808. The minimum absolute atomic E-state index is 0.207. The summed E-state index contributed by atoms with van der Waals surface area (Å²) in [5.41, 5.74) is 2.68. The van der Waals surface area contributed by atoms with Gasteiger partial charge in [0.25, 0.3) is 0 Å². The molecule has 2 rings (SSSR count). The van der Waals surface area contributed by atoms with Crippen molar-refractivity contribution in [2.45, 2.75) is 11.8 Å². The highest BCUT2D eigenvalue weighted by atomic mass is 32.2. The first kappa shape index (κ1) is 13.6. The number of ether oxygens (including phenoxy) is 1. The molecule has 0 heterocycles. The Balaban J connectivity index is 2.51. The van der Waals surface area contributed by atoms with Crippen LogP contribution in [0.3, 0.4) is 0 Å². The summed E-state index contributed by atoms with van der Waals surface area (Å²) < 4.78 is 28.3. The van der Waals surface area contributed by atoms with Crippen LogP contribution in [-0.2, 0) is 9.84 Å². The van der Waals surface area contributed by atoms with Crippen molar-refractivity contribution in [1.29, 1.82) is 0 Å². The molecule has 2 aromatic rings. The first-order valence-electron chi connectivity index (χ1n) is 5.79. The second-order valence-electron chi connectivity index (χ2n) is 4.39. The van der Waals surface area contributed by atoms with Gasteiger partial charge in [-0.1, -0.05) is 18.2 Å². The molecule has 1 radical (unpaired) electrons. The van der Waals surface area contributed by atoms with E-state index >= 15 is 0 Å². The van der Waals surface area contributed by atoms with Gasteiger partial charge in [-0.15, -0.1) is 0 Å². The van der Waals surface area contributed by atoms with E-state index in [0.29, 0.717) is 0 Å². The summed E-state index contributed by atoms with van der Waals surface area (Å²) in [5, 5.41) is 0. The van der Waals surface area contributed by atoms with Crippen LogP contribution in [0.25, 0.3) is 11.1 Å². The smallest absolute Gasteiger partial charge is 0.176 e. The molecule has 0 fully saturated rings. The minimum atomic E-state index is -3.24. The molecule has 19 heavy (non-hydrogen) atoms. The summed E-state index contributed by atoms with van der Waals surface area (Å²) >= 11 is 0. The Morgan fingerprint density at radius 2 is 1.89 bits per heavy atom. The number of methoxy groups -OCH3 is 1. The lowest BCUT2D eigenvalue weighted by Crippen LogP contribution is -1.97. The van der Waals surface area contributed by atoms with Crippen LogP contribution in [0.5, 0.6) is 5.75 Å². The molecule has 0 aliphatic carbocycles. The van der Waals surface area contributed by atoms with Gasteiger partial charge in [0.15, 0.2) is 9.84 Å².